The van der Waals surface area contributed by atoms with Crippen molar-refractivity contribution in [2.75, 3.05) is 0 Å². The Labute approximate surface area is 158 Å². The van der Waals surface area contributed by atoms with Crippen LogP contribution in [0.3, 0.4) is 0 Å². The third-order valence-corrected chi connectivity index (χ3v) is 4.49. The van der Waals surface area contributed by atoms with Crippen LogP contribution in [-0.2, 0) is 11.2 Å². The quantitative estimate of drug-likeness (QED) is 0.516. The molecule has 2 aromatic carbocycles. The number of carboxylic acid groups (broad SMARTS) is 1. The van der Waals surface area contributed by atoms with E-state index in [2.05, 4.69) is 4.57 Å². The molecule has 0 unspecified atom stereocenters. The van der Waals surface area contributed by atoms with Gasteiger partial charge in [-0.3, -0.25) is 9.59 Å². The number of hydrogen-bond donors (Lipinski definition) is 1. The number of ketones is 1. The van der Waals surface area contributed by atoms with E-state index in [1.165, 1.54) is 0 Å². The Morgan fingerprint density at radius 2 is 1.67 bits per heavy atom. The van der Waals surface area contributed by atoms with Crippen LogP contribution in [-0.4, -0.2) is 21.4 Å². The van der Waals surface area contributed by atoms with Gasteiger partial charge in [-0.2, -0.15) is 0 Å². The van der Waals surface area contributed by atoms with Crippen LogP contribution in [0.15, 0.2) is 66.7 Å². The van der Waals surface area contributed by atoms with E-state index < -0.39 is 5.97 Å². The number of carbonyl (C=O) groups excluding carboxylic acids is 1. The smallest absolute Gasteiger partial charge is 0.307 e. The zero-order valence-electron chi connectivity index (χ0n) is 15.3. The largest absolute Gasteiger partial charge is 0.481 e. The predicted octanol–water partition coefficient (Wildman–Crippen LogP) is 4.62. The Kier molecular flexibility index (Phi) is 5.36. The molecule has 4 heteroatoms. The van der Waals surface area contributed by atoms with E-state index in [0.717, 1.165) is 28.2 Å². The van der Waals surface area contributed by atoms with Crippen LogP contribution in [0, 0.1) is 13.8 Å². The molecular weight excluding hydrogens is 338 g/mol. The Morgan fingerprint density at radius 1 is 1.00 bits per heavy atom. The number of aliphatic carboxylic acids is 1. The number of hydrogen-bond acceptors (Lipinski definition) is 2. The normalized spacial score (nSPS) is 11.0. The van der Waals surface area contributed by atoms with Gasteiger partial charge >= 0.3 is 5.97 Å². The molecule has 27 heavy (non-hydrogen) atoms. The van der Waals surface area contributed by atoms with Crippen LogP contribution in [0.2, 0.25) is 0 Å². The van der Waals surface area contributed by atoms with E-state index in [1.54, 1.807) is 18.2 Å². The summed E-state index contributed by atoms with van der Waals surface area (Å²) >= 11 is 0. The lowest BCUT2D eigenvalue weighted by Crippen LogP contribution is -2.02. The summed E-state index contributed by atoms with van der Waals surface area (Å²) < 4.78 is 2.09. The molecular formula is C23H21NO3. The molecule has 1 heterocycles. The fourth-order valence-electron chi connectivity index (χ4n) is 3.16. The van der Waals surface area contributed by atoms with Gasteiger partial charge in [0.15, 0.2) is 5.78 Å². The minimum Gasteiger partial charge on any atom is -0.481 e. The van der Waals surface area contributed by atoms with Crippen LogP contribution in [0.25, 0.3) is 11.8 Å². The highest BCUT2D eigenvalue weighted by atomic mass is 16.4. The number of carboxylic acids is 1. The van der Waals surface area contributed by atoms with Crippen molar-refractivity contribution in [2.45, 2.75) is 20.3 Å². The van der Waals surface area contributed by atoms with Gasteiger partial charge in [0.1, 0.15) is 0 Å². The lowest BCUT2D eigenvalue weighted by atomic mass is 10.1. The number of carbonyl (C=O) groups is 2. The van der Waals surface area contributed by atoms with E-state index >= 15 is 0 Å². The fourth-order valence-corrected chi connectivity index (χ4v) is 3.16. The summed E-state index contributed by atoms with van der Waals surface area (Å²) in [5.74, 6) is -0.870. The van der Waals surface area contributed by atoms with Crippen molar-refractivity contribution in [2.24, 2.45) is 0 Å². The third-order valence-electron chi connectivity index (χ3n) is 4.49. The predicted molar refractivity (Wildman–Crippen MR) is 106 cm³/mol. The number of benzene rings is 2. The Morgan fingerprint density at radius 3 is 2.30 bits per heavy atom. The molecule has 0 spiro atoms. The highest BCUT2D eigenvalue weighted by molar-refractivity contribution is 6.06. The van der Waals surface area contributed by atoms with Crippen LogP contribution < -0.4 is 0 Å². The number of aromatic nitrogens is 1. The SMILES string of the molecule is Cc1cc(/C=C/C(=O)c2ccccc2)c(C)n1-c1ccc(CC(=O)O)cc1. The first-order chi connectivity index (χ1) is 13.0. The maximum absolute atomic E-state index is 12.3. The molecule has 0 amide bonds. The molecule has 0 fully saturated rings. The van der Waals surface area contributed by atoms with Crippen molar-refractivity contribution in [3.05, 3.63) is 94.8 Å². The number of allylic oxidation sites excluding steroid dienone is 1. The summed E-state index contributed by atoms with van der Waals surface area (Å²) in [5, 5.41) is 8.89. The standard InChI is InChI=1S/C23H21NO3/c1-16-14-20(10-13-22(25)19-6-4-3-5-7-19)17(2)24(16)21-11-8-18(9-12-21)15-23(26)27/h3-14H,15H2,1-2H3,(H,26,27)/b13-10+. The molecule has 0 aliphatic heterocycles. The summed E-state index contributed by atoms with van der Waals surface area (Å²) in [4.78, 5) is 23.1. The zero-order chi connectivity index (χ0) is 19.4. The minimum atomic E-state index is -0.841. The van der Waals surface area contributed by atoms with Crippen LogP contribution in [0.4, 0.5) is 0 Å². The van der Waals surface area contributed by atoms with Crippen molar-refractivity contribution in [3.8, 4) is 5.69 Å². The first-order valence-electron chi connectivity index (χ1n) is 8.73. The average molecular weight is 359 g/mol. The van der Waals surface area contributed by atoms with Gasteiger partial charge in [0.2, 0.25) is 0 Å². The van der Waals surface area contributed by atoms with Gasteiger partial charge in [-0.25, -0.2) is 0 Å². The summed E-state index contributed by atoms with van der Waals surface area (Å²) in [6.45, 7) is 4.01. The highest BCUT2D eigenvalue weighted by Crippen LogP contribution is 2.22. The second-order valence-electron chi connectivity index (χ2n) is 6.46. The fraction of sp³-hybridized carbons (Fsp3) is 0.130. The highest BCUT2D eigenvalue weighted by Gasteiger charge is 2.10. The van der Waals surface area contributed by atoms with Gasteiger partial charge in [-0.15, -0.1) is 0 Å². The molecule has 0 saturated heterocycles. The van der Waals surface area contributed by atoms with Crippen molar-refractivity contribution < 1.29 is 14.7 Å². The van der Waals surface area contributed by atoms with Gasteiger partial charge in [0.05, 0.1) is 6.42 Å². The van der Waals surface area contributed by atoms with Gasteiger partial charge in [-0.1, -0.05) is 42.5 Å². The molecule has 0 aliphatic carbocycles. The summed E-state index contributed by atoms with van der Waals surface area (Å²) in [7, 11) is 0. The number of aryl methyl sites for hydroxylation is 1. The molecule has 0 saturated carbocycles. The maximum Gasteiger partial charge on any atom is 0.307 e. The zero-order valence-corrected chi connectivity index (χ0v) is 15.3. The molecule has 1 N–H and O–H groups in total. The Hall–Kier alpha value is -3.40. The van der Waals surface area contributed by atoms with E-state index in [9.17, 15) is 9.59 Å². The second kappa shape index (κ2) is 7.87. The van der Waals surface area contributed by atoms with E-state index in [0.29, 0.717) is 5.56 Å². The van der Waals surface area contributed by atoms with Crippen LogP contribution >= 0.6 is 0 Å². The molecule has 136 valence electrons. The lowest BCUT2D eigenvalue weighted by Gasteiger charge is -2.10. The molecule has 0 radical (unpaired) electrons. The van der Waals surface area contributed by atoms with E-state index in [-0.39, 0.29) is 12.2 Å². The topological polar surface area (TPSA) is 59.3 Å². The summed E-state index contributed by atoms with van der Waals surface area (Å²) in [6, 6.07) is 18.7. The maximum atomic E-state index is 12.3. The van der Waals surface area contributed by atoms with Gasteiger partial charge in [-0.05, 0) is 55.3 Å². The van der Waals surface area contributed by atoms with Crippen molar-refractivity contribution >= 4 is 17.8 Å². The second-order valence-corrected chi connectivity index (χ2v) is 6.46. The Bertz CT molecular complexity index is 996. The van der Waals surface area contributed by atoms with Gasteiger partial charge in [0, 0.05) is 22.6 Å². The van der Waals surface area contributed by atoms with Crippen molar-refractivity contribution in [1.29, 1.82) is 0 Å². The van der Waals surface area contributed by atoms with Gasteiger partial charge < -0.3 is 9.67 Å². The minimum absolute atomic E-state index is 0.0134. The first-order valence-corrected chi connectivity index (χ1v) is 8.73. The summed E-state index contributed by atoms with van der Waals surface area (Å²) in [5.41, 5.74) is 5.44. The van der Waals surface area contributed by atoms with Gasteiger partial charge in [0.25, 0.3) is 0 Å². The number of rotatable bonds is 6. The first kappa shape index (κ1) is 18.4. The molecule has 0 bridgehead atoms. The molecule has 0 atom stereocenters. The monoisotopic (exact) mass is 359 g/mol. The van der Waals surface area contributed by atoms with E-state index in [1.807, 2.05) is 68.5 Å². The molecule has 3 rings (SSSR count). The molecule has 1 aromatic heterocycles. The lowest BCUT2D eigenvalue weighted by molar-refractivity contribution is -0.136. The molecule has 3 aromatic rings. The number of nitrogens with zero attached hydrogens (tertiary/aromatic N) is 1. The average Bonchev–Trinajstić information content (AvgIpc) is 2.94. The third kappa shape index (κ3) is 4.23. The Balaban J connectivity index is 1.85. The molecule has 0 aliphatic rings. The van der Waals surface area contributed by atoms with Crippen molar-refractivity contribution in [3.63, 3.8) is 0 Å². The van der Waals surface area contributed by atoms with Crippen molar-refractivity contribution in [1.82, 2.24) is 4.57 Å². The van der Waals surface area contributed by atoms with E-state index in [4.69, 9.17) is 5.11 Å². The summed E-state index contributed by atoms with van der Waals surface area (Å²) in [6.07, 6.45) is 3.45. The van der Waals surface area contributed by atoms with Crippen LogP contribution in [0.5, 0.6) is 0 Å². The van der Waals surface area contributed by atoms with Crippen LogP contribution in [0.1, 0.15) is 32.9 Å². The molecule has 4 nitrogen and oxygen atoms in total.